The van der Waals surface area contributed by atoms with E-state index in [1.54, 1.807) is 11.3 Å². The quantitative estimate of drug-likeness (QED) is 0.860. The van der Waals surface area contributed by atoms with Gasteiger partial charge in [0.05, 0.1) is 6.04 Å². The molecule has 0 radical (unpaired) electrons. The van der Waals surface area contributed by atoms with E-state index in [-0.39, 0.29) is 6.04 Å². The summed E-state index contributed by atoms with van der Waals surface area (Å²) < 4.78 is 3.90. The van der Waals surface area contributed by atoms with E-state index in [9.17, 15) is 0 Å². The Bertz CT molecular complexity index is 449. The van der Waals surface area contributed by atoms with Gasteiger partial charge in [-0.15, -0.1) is 11.3 Å². The summed E-state index contributed by atoms with van der Waals surface area (Å²) in [4.78, 5) is 9.54. The molecule has 0 fully saturated rings. The molecule has 2 rings (SSSR count). The highest BCUT2D eigenvalue weighted by atomic mass is 32.1. The number of anilines is 2. The molecule has 0 amide bonds. The molecule has 2 aromatic rings. The standard InChI is InChI=1S/C8H11N5S2/c1-4-3-10-6(14-4)5(2)11-8-12-7(9)13-15-8/h3,5H,1-2H3,(H3,9,11,12,13). The van der Waals surface area contributed by atoms with Gasteiger partial charge >= 0.3 is 0 Å². The first kappa shape index (κ1) is 10.3. The van der Waals surface area contributed by atoms with Gasteiger partial charge in [0.1, 0.15) is 5.01 Å². The number of nitrogens with zero attached hydrogens (tertiary/aromatic N) is 3. The second kappa shape index (κ2) is 4.11. The Balaban J connectivity index is 2.06. The number of hydrogen-bond acceptors (Lipinski definition) is 7. The second-order valence-corrected chi connectivity index (χ2v) is 5.15. The lowest BCUT2D eigenvalue weighted by Gasteiger charge is -2.08. The largest absolute Gasteiger partial charge is 0.367 e. The van der Waals surface area contributed by atoms with Crippen molar-refractivity contribution in [2.45, 2.75) is 19.9 Å². The van der Waals surface area contributed by atoms with E-state index in [1.165, 1.54) is 16.4 Å². The van der Waals surface area contributed by atoms with Gasteiger partial charge in [0.15, 0.2) is 0 Å². The molecule has 0 aliphatic rings. The molecule has 7 heteroatoms. The molecule has 3 N–H and O–H groups in total. The molecule has 1 unspecified atom stereocenters. The van der Waals surface area contributed by atoms with Crippen LogP contribution < -0.4 is 11.1 Å². The van der Waals surface area contributed by atoms with E-state index >= 15 is 0 Å². The van der Waals surface area contributed by atoms with Crippen molar-refractivity contribution in [1.29, 1.82) is 0 Å². The fourth-order valence-corrected chi connectivity index (χ4v) is 2.47. The maximum absolute atomic E-state index is 5.43. The van der Waals surface area contributed by atoms with Gasteiger partial charge in [-0.05, 0) is 13.8 Å². The molecule has 0 spiro atoms. The van der Waals surface area contributed by atoms with Crippen molar-refractivity contribution in [2.75, 3.05) is 11.1 Å². The van der Waals surface area contributed by atoms with Crippen LogP contribution in [0.3, 0.4) is 0 Å². The van der Waals surface area contributed by atoms with Crippen molar-refractivity contribution in [3.8, 4) is 0 Å². The van der Waals surface area contributed by atoms with Crippen LogP contribution in [0.4, 0.5) is 11.1 Å². The van der Waals surface area contributed by atoms with Gasteiger partial charge in [-0.3, -0.25) is 0 Å². The highest BCUT2D eigenvalue weighted by Crippen LogP contribution is 2.24. The zero-order valence-corrected chi connectivity index (χ0v) is 10.0. The van der Waals surface area contributed by atoms with E-state index < -0.39 is 0 Å². The van der Waals surface area contributed by atoms with Gasteiger partial charge in [0, 0.05) is 22.6 Å². The Morgan fingerprint density at radius 3 is 2.87 bits per heavy atom. The highest BCUT2D eigenvalue weighted by Gasteiger charge is 2.11. The van der Waals surface area contributed by atoms with Crippen LogP contribution in [0.1, 0.15) is 22.9 Å². The molecular weight excluding hydrogens is 230 g/mol. The minimum Gasteiger partial charge on any atom is -0.367 e. The Kier molecular flexibility index (Phi) is 2.83. The number of nitrogens with one attached hydrogen (secondary N) is 1. The molecule has 0 aromatic carbocycles. The van der Waals surface area contributed by atoms with E-state index in [2.05, 4.69) is 19.7 Å². The van der Waals surface area contributed by atoms with Crippen molar-refractivity contribution in [3.05, 3.63) is 16.1 Å². The lowest BCUT2D eigenvalue weighted by Crippen LogP contribution is -2.05. The lowest BCUT2D eigenvalue weighted by atomic mass is 10.4. The van der Waals surface area contributed by atoms with Crippen LogP contribution in [0.5, 0.6) is 0 Å². The fraction of sp³-hybridized carbons (Fsp3) is 0.375. The van der Waals surface area contributed by atoms with E-state index in [1.807, 2.05) is 20.0 Å². The Morgan fingerprint density at radius 2 is 2.33 bits per heavy atom. The Hall–Kier alpha value is -1.21. The summed E-state index contributed by atoms with van der Waals surface area (Å²) in [6.45, 7) is 4.08. The lowest BCUT2D eigenvalue weighted by molar-refractivity contribution is 0.867. The Morgan fingerprint density at radius 1 is 1.53 bits per heavy atom. The first-order valence-electron chi connectivity index (χ1n) is 4.43. The second-order valence-electron chi connectivity index (χ2n) is 3.13. The smallest absolute Gasteiger partial charge is 0.233 e. The molecule has 15 heavy (non-hydrogen) atoms. The van der Waals surface area contributed by atoms with Crippen LogP contribution in [0.25, 0.3) is 0 Å². The molecule has 2 aromatic heterocycles. The molecule has 0 aliphatic heterocycles. The fourth-order valence-electron chi connectivity index (χ4n) is 1.11. The van der Waals surface area contributed by atoms with Crippen LogP contribution in [0, 0.1) is 6.92 Å². The first-order chi connectivity index (χ1) is 7.15. The third kappa shape index (κ3) is 2.42. The monoisotopic (exact) mass is 241 g/mol. The van der Waals surface area contributed by atoms with Crippen molar-refractivity contribution in [2.24, 2.45) is 0 Å². The summed E-state index contributed by atoms with van der Waals surface area (Å²) in [5, 5.41) is 4.98. The minimum atomic E-state index is 0.135. The van der Waals surface area contributed by atoms with Crippen LogP contribution in [-0.2, 0) is 0 Å². The van der Waals surface area contributed by atoms with Crippen molar-refractivity contribution in [1.82, 2.24) is 14.3 Å². The number of hydrogen-bond donors (Lipinski definition) is 2. The summed E-state index contributed by atoms with van der Waals surface area (Å²) >= 11 is 2.93. The number of aryl methyl sites for hydroxylation is 1. The molecular formula is C8H11N5S2. The zero-order valence-electron chi connectivity index (χ0n) is 8.39. The topological polar surface area (TPSA) is 76.7 Å². The Labute approximate surface area is 95.6 Å². The molecule has 0 aliphatic carbocycles. The molecule has 5 nitrogen and oxygen atoms in total. The molecule has 1 atom stereocenters. The van der Waals surface area contributed by atoms with Gasteiger partial charge in [-0.25, -0.2) is 4.98 Å². The maximum atomic E-state index is 5.43. The SMILES string of the molecule is Cc1cnc(C(C)Nc2nc(N)ns2)s1. The van der Waals surface area contributed by atoms with E-state index in [0.717, 1.165) is 10.1 Å². The van der Waals surface area contributed by atoms with E-state index in [0.29, 0.717) is 5.95 Å². The van der Waals surface area contributed by atoms with Gasteiger partial charge in [-0.2, -0.15) is 9.36 Å². The van der Waals surface area contributed by atoms with Crippen molar-refractivity contribution < 1.29 is 0 Å². The molecule has 2 heterocycles. The van der Waals surface area contributed by atoms with Gasteiger partial charge in [0.25, 0.3) is 0 Å². The van der Waals surface area contributed by atoms with Gasteiger partial charge < -0.3 is 11.1 Å². The van der Waals surface area contributed by atoms with Crippen molar-refractivity contribution >= 4 is 33.9 Å². The van der Waals surface area contributed by atoms with Crippen LogP contribution >= 0.6 is 22.9 Å². The number of nitrogens with two attached hydrogens (primary N) is 1. The number of nitrogen functional groups attached to an aromatic ring is 1. The third-order valence-electron chi connectivity index (χ3n) is 1.79. The summed E-state index contributed by atoms with van der Waals surface area (Å²) in [5.41, 5.74) is 5.43. The predicted octanol–water partition coefficient (Wildman–Crippen LogP) is 2.06. The van der Waals surface area contributed by atoms with Crippen LogP contribution in [-0.4, -0.2) is 14.3 Å². The van der Waals surface area contributed by atoms with Gasteiger partial charge in [0.2, 0.25) is 11.1 Å². The minimum absolute atomic E-state index is 0.135. The number of thiazole rings is 1. The average Bonchev–Trinajstić information content (AvgIpc) is 2.75. The van der Waals surface area contributed by atoms with Crippen LogP contribution in [0.15, 0.2) is 6.20 Å². The van der Waals surface area contributed by atoms with Crippen molar-refractivity contribution in [3.63, 3.8) is 0 Å². The number of aromatic nitrogens is 3. The normalized spacial score (nSPS) is 12.7. The maximum Gasteiger partial charge on any atom is 0.233 e. The first-order valence-corrected chi connectivity index (χ1v) is 6.02. The van der Waals surface area contributed by atoms with E-state index in [4.69, 9.17) is 5.73 Å². The van der Waals surface area contributed by atoms with Gasteiger partial charge in [-0.1, -0.05) is 0 Å². The third-order valence-corrected chi connectivity index (χ3v) is 3.55. The highest BCUT2D eigenvalue weighted by molar-refractivity contribution is 7.11. The predicted molar refractivity (Wildman–Crippen MR) is 63.2 cm³/mol. The molecule has 0 saturated heterocycles. The summed E-state index contributed by atoms with van der Waals surface area (Å²) in [6.07, 6.45) is 1.87. The van der Waals surface area contributed by atoms with Crippen LogP contribution in [0.2, 0.25) is 0 Å². The summed E-state index contributed by atoms with van der Waals surface area (Å²) in [7, 11) is 0. The summed E-state index contributed by atoms with van der Waals surface area (Å²) in [5.74, 6) is 0.310. The molecule has 0 saturated carbocycles. The number of rotatable bonds is 3. The zero-order chi connectivity index (χ0) is 10.8. The molecule has 80 valence electrons. The molecule has 0 bridgehead atoms. The average molecular weight is 241 g/mol. The summed E-state index contributed by atoms with van der Waals surface area (Å²) in [6, 6.07) is 0.135.